The lowest BCUT2D eigenvalue weighted by molar-refractivity contribution is -0.105. The highest BCUT2D eigenvalue weighted by atomic mass is 16.7. The fourth-order valence-corrected chi connectivity index (χ4v) is 4.15. The van der Waals surface area contributed by atoms with Gasteiger partial charge in [0.25, 0.3) is 5.79 Å². The van der Waals surface area contributed by atoms with Crippen molar-refractivity contribution in [1.29, 1.82) is 0 Å². The second-order valence-corrected chi connectivity index (χ2v) is 7.66. The third kappa shape index (κ3) is 2.87. The van der Waals surface area contributed by atoms with Crippen molar-refractivity contribution in [3.63, 3.8) is 0 Å². The molecule has 1 saturated carbocycles. The van der Waals surface area contributed by atoms with E-state index in [-0.39, 0.29) is 6.10 Å². The van der Waals surface area contributed by atoms with Crippen molar-refractivity contribution in [3.8, 4) is 23.0 Å². The molecule has 2 aromatic rings. The minimum atomic E-state index is -0.417. The van der Waals surface area contributed by atoms with E-state index >= 15 is 0 Å². The van der Waals surface area contributed by atoms with E-state index in [0.29, 0.717) is 6.61 Å². The van der Waals surface area contributed by atoms with Gasteiger partial charge in [-0.15, -0.1) is 0 Å². The first kappa shape index (κ1) is 15.9. The summed E-state index contributed by atoms with van der Waals surface area (Å²) in [7, 11) is 0. The second-order valence-electron chi connectivity index (χ2n) is 7.66. The summed E-state index contributed by atoms with van der Waals surface area (Å²) in [6.45, 7) is 2.63. The minimum Gasteiger partial charge on any atom is -0.486 e. The molecule has 2 aromatic carbocycles. The second kappa shape index (κ2) is 6.11. The maximum atomic E-state index is 6.24. The monoisotopic (exact) mass is 352 g/mol. The molecule has 0 aromatic heterocycles. The molecule has 2 aliphatic heterocycles. The molecule has 4 nitrogen and oxygen atoms in total. The molecule has 2 heterocycles. The van der Waals surface area contributed by atoms with Crippen LogP contribution in [0.1, 0.15) is 43.2 Å². The van der Waals surface area contributed by atoms with Crippen molar-refractivity contribution in [1.82, 2.24) is 0 Å². The normalized spacial score (nSPS) is 22.4. The Labute approximate surface area is 154 Å². The van der Waals surface area contributed by atoms with Crippen LogP contribution in [0.3, 0.4) is 0 Å². The number of rotatable bonds is 2. The molecule has 1 aliphatic carbocycles. The molecule has 1 unspecified atom stereocenters. The highest BCUT2D eigenvalue weighted by Gasteiger charge is 2.42. The van der Waals surface area contributed by atoms with E-state index in [1.54, 1.807) is 0 Å². The van der Waals surface area contributed by atoms with Crippen LogP contribution in [0, 0.1) is 6.92 Å². The van der Waals surface area contributed by atoms with Gasteiger partial charge in [-0.05, 0) is 55.2 Å². The van der Waals surface area contributed by atoms with Crippen LogP contribution in [0.25, 0.3) is 0 Å². The van der Waals surface area contributed by atoms with E-state index in [4.69, 9.17) is 18.9 Å². The van der Waals surface area contributed by atoms with E-state index in [0.717, 1.165) is 42.3 Å². The summed E-state index contributed by atoms with van der Waals surface area (Å²) in [6.07, 6.45) is 6.38. The summed E-state index contributed by atoms with van der Waals surface area (Å²) in [5.74, 6) is 3.00. The number of aryl methyl sites for hydroxylation is 1. The molecule has 4 heteroatoms. The fourth-order valence-electron chi connectivity index (χ4n) is 4.15. The Bertz CT molecular complexity index is 823. The van der Waals surface area contributed by atoms with E-state index in [1.807, 2.05) is 24.3 Å². The Balaban J connectivity index is 1.30. The van der Waals surface area contributed by atoms with Crippen molar-refractivity contribution in [2.75, 3.05) is 6.61 Å². The number of benzene rings is 2. The maximum Gasteiger partial charge on any atom is 0.251 e. The standard InChI is InChI=1S/C22H24O4/c1-15-5-7-18-20(11-15)24-17(14-23-18)12-16-6-8-19-21(13-16)26-22(25-19)9-3-2-4-10-22/h5-8,11,13,17H,2-4,9-10,12,14H2,1H3. The van der Waals surface area contributed by atoms with Crippen molar-refractivity contribution in [3.05, 3.63) is 47.5 Å². The maximum absolute atomic E-state index is 6.24. The molecule has 3 aliphatic rings. The molecule has 136 valence electrons. The zero-order valence-electron chi connectivity index (χ0n) is 15.1. The third-order valence-corrected chi connectivity index (χ3v) is 5.50. The zero-order valence-corrected chi connectivity index (χ0v) is 15.1. The average Bonchev–Trinajstić information content (AvgIpc) is 2.98. The highest BCUT2D eigenvalue weighted by molar-refractivity contribution is 5.47. The van der Waals surface area contributed by atoms with E-state index < -0.39 is 5.79 Å². The number of fused-ring (bicyclic) bond motifs is 2. The largest absolute Gasteiger partial charge is 0.486 e. The predicted octanol–water partition coefficient (Wildman–Crippen LogP) is 4.81. The van der Waals surface area contributed by atoms with Gasteiger partial charge in [-0.25, -0.2) is 0 Å². The molecule has 5 rings (SSSR count). The van der Waals surface area contributed by atoms with Crippen LogP contribution in [0.4, 0.5) is 0 Å². The van der Waals surface area contributed by atoms with Crippen LogP contribution < -0.4 is 18.9 Å². The Morgan fingerprint density at radius 2 is 1.69 bits per heavy atom. The van der Waals surface area contributed by atoms with Gasteiger partial charge in [0.05, 0.1) is 0 Å². The lowest BCUT2D eigenvalue weighted by atomic mass is 9.94. The average molecular weight is 352 g/mol. The molecule has 0 bridgehead atoms. The highest BCUT2D eigenvalue weighted by Crippen LogP contribution is 2.46. The lowest BCUT2D eigenvalue weighted by Crippen LogP contribution is -2.40. The molecule has 0 amide bonds. The first-order chi connectivity index (χ1) is 12.7. The molecule has 0 saturated heterocycles. The van der Waals surface area contributed by atoms with Crippen LogP contribution in [-0.2, 0) is 6.42 Å². The molecule has 1 fully saturated rings. The van der Waals surface area contributed by atoms with Crippen LogP contribution in [0.2, 0.25) is 0 Å². The Kier molecular flexibility index (Phi) is 3.73. The van der Waals surface area contributed by atoms with Crippen LogP contribution in [0.15, 0.2) is 36.4 Å². The Morgan fingerprint density at radius 3 is 2.58 bits per heavy atom. The van der Waals surface area contributed by atoms with Gasteiger partial charge in [0.1, 0.15) is 12.7 Å². The summed E-state index contributed by atoms with van der Waals surface area (Å²) < 4.78 is 24.4. The SMILES string of the molecule is Cc1ccc2c(c1)OC(Cc1ccc3c(c1)OC1(CCCCC1)O3)CO2. The zero-order chi connectivity index (χ0) is 17.6. The van der Waals surface area contributed by atoms with Gasteiger partial charge in [0, 0.05) is 19.3 Å². The number of ether oxygens (including phenoxy) is 4. The molecule has 26 heavy (non-hydrogen) atoms. The van der Waals surface area contributed by atoms with E-state index in [2.05, 4.69) is 19.1 Å². The fraction of sp³-hybridized carbons (Fsp3) is 0.455. The van der Waals surface area contributed by atoms with Gasteiger partial charge < -0.3 is 18.9 Å². The summed E-state index contributed by atoms with van der Waals surface area (Å²) >= 11 is 0. The molecule has 1 atom stereocenters. The van der Waals surface area contributed by atoms with Gasteiger partial charge in [0.15, 0.2) is 23.0 Å². The van der Waals surface area contributed by atoms with Crippen LogP contribution >= 0.6 is 0 Å². The van der Waals surface area contributed by atoms with Gasteiger partial charge in [-0.3, -0.25) is 0 Å². The number of hydrogen-bond acceptors (Lipinski definition) is 4. The predicted molar refractivity (Wildman–Crippen MR) is 98.3 cm³/mol. The smallest absolute Gasteiger partial charge is 0.251 e. The van der Waals surface area contributed by atoms with Crippen LogP contribution in [-0.4, -0.2) is 18.5 Å². The molecular weight excluding hydrogens is 328 g/mol. The Morgan fingerprint density at radius 1 is 0.885 bits per heavy atom. The summed E-state index contributed by atoms with van der Waals surface area (Å²) in [4.78, 5) is 0. The van der Waals surface area contributed by atoms with Crippen LogP contribution in [0.5, 0.6) is 23.0 Å². The quantitative estimate of drug-likeness (QED) is 0.777. The van der Waals surface area contributed by atoms with Gasteiger partial charge in [0.2, 0.25) is 0 Å². The van der Waals surface area contributed by atoms with Gasteiger partial charge in [-0.2, -0.15) is 0 Å². The first-order valence-electron chi connectivity index (χ1n) is 9.60. The van der Waals surface area contributed by atoms with E-state index in [9.17, 15) is 0 Å². The molecular formula is C22H24O4. The summed E-state index contributed by atoms with van der Waals surface area (Å²) in [6, 6.07) is 12.3. The third-order valence-electron chi connectivity index (χ3n) is 5.50. The molecule has 0 radical (unpaired) electrons. The number of hydrogen-bond donors (Lipinski definition) is 0. The van der Waals surface area contributed by atoms with Crippen molar-refractivity contribution in [2.24, 2.45) is 0 Å². The van der Waals surface area contributed by atoms with Crippen molar-refractivity contribution >= 4 is 0 Å². The minimum absolute atomic E-state index is 0.00770. The lowest BCUT2D eigenvalue weighted by Gasteiger charge is -2.31. The molecule has 0 N–H and O–H groups in total. The topological polar surface area (TPSA) is 36.9 Å². The van der Waals surface area contributed by atoms with E-state index in [1.165, 1.54) is 30.4 Å². The summed E-state index contributed by atoms with van der Waals surface area (Å²) in [5, 5.41) is 0. The Hall–Kier alpha value is -2.36. The van der Waals surface area contributed by atoms with Gasteiger partial charge in [-0.1, -0.05) is 18.6 Å². The van der Waals surface area contributed by atoms with Gasteiger partial charge >= 0.3 is 0 Å². The van der Waals surface area contributed by atoms with Crippen molar-refractivity contribution in [2.45, 2.75) is 57.3 Å². The van der Waals surface area contributed by atoms with Crippen molar-refractivity contribution < 1.29 is 18.9 Å². The first-order valence-corrected chi connectivity index (χ1v) is 9.60. The summed E-state index contributed by atoms with van der Waals surface area (Å²) in [5.41, 5.74) is 2.36. The molecule has 1 spiro atoms.